The molecular weight excluding hydrogens is 423 g/mol. The fourth-order valence-electron chi connectivity index (χ4n) is 3.21. The number of hydrogen-bond donors (Lipinski definition) is 0. The summed E-state index contributed by atoms with van der Waals surface area (Å²) in [5.74, 6) is 0.136. The highest BCUT2D eigenvalue weighted by Crippen LogP contribution is 2.24. The van der Waals surface area contributed by atoms with E-state index in [9.17, 15) is 9.18 Å². The molecule has 0 bridgehead atoms. The van der Waals surface area contributed by atoms with Gasteiger partial charge in [-0.05, 0) is 37.1 Å². The number of halogens is 2. The molecule has 0 aliphatic rings. The Hall–Kier alpha value is -2.64. The third-order valence-corrected chi connectivity index (χ3v) is 6.19. The lowest BCUT2D eigenvalue weighted by Gasteiger charge is -2.13. The van der Waals surface area contributed by atoms with Crippen LogP contribution in [-0.4, -0.2) is 19.3 Å². The Morgan fingerprint density at radius 3 is 2.63 bits per heavy atom. The van der Waals surface area contributed by atoms with Crippen LogP contribution in [-0.2, 0) is 18.8 Å². The van der Waals surface area contributed by atoms with Crippen molar-refractivity contribution in [2.24, 2.45) is 0 Å². The molecule has 2 aromatic carbocycles. The minimum atomic E-state index is -0.259. The molecule has 0 atom stereocenters. The van der Waals surface area contributed by atoms with Crippen molar-refractivity contribution in [3.63, 3.8) is 0 Å². The lowest BCUT2D eigenvalue weighted by atomic mass is 10.2. The average molecular weight is 443 g/mol. The summed E-state index contributed by atoms with van der Waals surface area (Å²) in [5, 5.41) is 6.14. The van der Waals surface area contributed by atoms with E-state index in [1.165, 1.54) is 17.8 Å². The highest BCUT2D eigenvalue weighted by molar-refractivity contribution is 7.98. The summed E-state index contributed by atoms with van der Waals surface area (Å²) in [6.45, 7) is 2.96. The zero-order valence-electron chi connectivity index (χ0n) is 16.4. The first kappa shape index (κ1) is 20.6. The monoisotopic (exact) mass is 442 g/mol. The predicted molar refractivity (Wildman–Crippen MR) is 119 cm³/mol. The molecule has 0 fully saturated rings. The molecule has 8 heteroatoms. The average Bonchev–Trinajstić information content (AvgIpc) is 3.06. The molecule has 0 N–H and O–H groups in total. The first-order valence-corrected chi connectivity index (χ1v) is 10.9. The van der Waals surface area contributed by atoms with Crippen molar-refractivity contribution < 1.29 is 4.39 Å². The molecule has 0 aliphatic heterocycles. The maximum atomic E-state index is 14.0. The van der Waals surface area contributed by atoms with Gasteiger partial charge in [-0.25, -0.2) is 9.37 Å². The quantitative estimate of drug-likeness (QED) is 0.296. The van der Waals surface area contributed by atoms with Crippen molar-refractivity contribution in [1.29, 1.82) is 0 Å². The minimum absolute atomic E-state index is 0.0914. The van der Waals surface area contributed by atoms with Gasteiger partial charge >= 0.3 is 0 Å². The molecule has 0 amide bonds. The van der Waals surface area contributed by atoms with Crippen LogP contribution in [0.3, 0.4) is 0 Å². The first-order valence-electron chi connectivity index (χ1n) is 9.58. The van der Waals surface area contributed by atoms with Gasteiger partial charge in [-0.1, -0.05) is 53.7 Å². The number of hydrogen-bond acceptors (Lipinski definition) is 4. The molecule has 0 radical (unpaired) electrons. The van der Waals surface area contributed by atoms with Crippen molar-refractivity contribution in [3.05, 3.63) is 87.2 Å². The topological polar surface area (TPSA) is 52.7 Å². The Balaban J connectivity index is 1.60. The largest absolute Gasteiger partial charge is 0.287 e. The minimum Gasteiger partial charge on any atom is -0.287 e. The number of aromatic nitrogens is 4. The Morgan fingerprint density at radius 2 is 1.87 bits per heavy atom. The Kier molecular flexibility index (Phi) is 6.20. The summed E-state index contributed by atoms with van der Waals surface area (Å²) >= 11 is 7.44. The van der Waals surface area contributed by atoms with Gasteiger partial charge in [-0.3, -0.25) is 14.0 Å². The van der Waals surface area contributed by atoms with Crippen LogP contribution in [0.5, 0.6) is 0 Å². The molecule has 0 aliphatic carbocycles. The van der Waals surface area contributed by atoms with Crippen LogP contribution in [0, 0.1) is 12.7 Å². The van der Waals surface area contributed by atoms with Gasteiger partial charge in [-0.15, -0.1) is 0 Å². The van der Waals surface area contributed by atoms with E-state index in [2.05, 4.69) is 10.1 Å². The number of benzene rings is 2. The van der Waals surface area contributed by atoms with Gasteiger partial charge in [0.25, 0.3) is 5.56 Å². The van der Waals surface area contributed by atoms with Crippen molar-refractivity contribution in [2.45, 2.75) is 37.3 Å². The molecule has 154 valence electrons. The second-order valence-electron chi connectivity index (χ2n) is 6.93. The standard InChI is InChI=1S/C22H20ClFN4OS/c1-15-18(23)13-27(26-15)11-6-12-28-21(29)17-8-3-5-10-20(17)25-22(28)30-14-16-7-2-4-9-19(16)24/h2-5,7-10,13H,6,11-12,14H2,1H3. The van der Waals surface area contributed by atoms with E-state index in [4.69, 9.17) is 11.6 Å². The maximum absolute atomic E-state index is 14.0. The number of nitrogens with zero attached hydrogens (tertiary/aromatic N) is 4. The van der Waals surface area contributed by atoms with E-state index in [0.29, 0.717) is 51.9 Å². The molecule has 4 rings (SSSR count). The number of para-hydroxylation sites is 1. The molecule has 2 aromatic heterocycles. The number of aryl methyl sites for hydroxylation is 2. The summed E-state index contributed by atoms with van der Waals surface area (Å²) in [7, 11) is 0. The summed E-state index contributed by atoms with van der Waals surface area (Å²) in [6, 6.07) is 13.9. The predicted octanol–water partition coefficient (Wildman–Crippen LogP) is 5.08. The molecule has 0 saturated carbocycles. The van der Waals surface area contributed by atoms with E-state index in [-0.39, 0.29) is 11.4 Å². The van der Waals surface area contributed by atoms with Crippen molar-refractivity contribution in [2.75, 3.05) is 0 Å². The van der Waals surface area contributed by atoms with Crippen molar-refractivity contribution in [1.82, 2.24) is 19.3 Å². The molecular formula is C22H20ClFN4OS. The van der Waals surface area contributed by atoms with Crippen LogP contribution >= 0.6 is 23.4 Å². The SMILES string of the molecule is Cc1nn(CCCn2c(SCc3ccccc3F)nc3ccccc3c2=O)cc1Cl. The summed E-state index contributed by atoms with van der Waals surface area (Å²) in [6.07, 6.45) is 2.47. The van der Waals surface area contributed by atoms with Gasteiger partial charge in [0, 0.05) is 25.0 Å². The Bertz CT molecular complexity index is 1230. The first-order chi connectivity index (χ1) is 14.5. The third-order valence-electron chi connectivity index (χ3n) is 4.80. The van der Waals surface area contributed by atoms with Crippen LogP contribution in [0.4, 0.5) is 4.39 Å². The maximum Gasteiger partial charge on any atom is 0.262 e. The number of rotatable bonds is 7. The van der Waals surface area contributed by atoms with Crippen molar-refractivity contribution >= 4 is 34.3 Å². The lowest BCUT2D eigenvalue weighted by Crippen LogP contribution is -2.24. The van der Waals surface area contributed by atoms with E-state index in [1.807, 2.05) is 25.1 Å². The second kappa shape index (κ2) is 9.02. The molecule has 0 saturated heterocycles. The summed E-state index contributed by atoms with van der Waals surface area (Å²) in [5.41, 5.74) is 1.91. The van der Waals surface area contributed by atoms with Gasteiger partial charge in [0.15, 0.2) is 5.16 Å². The van der Waals surface area contributed by atoms with Gasteiger partial charge in [0.1, 0.15) is 5.82 Å². The zero-order valence-corrected chi connectivity index (χ0v) is 18.0. The summed E-state index contributed by atoms with van der Waals surface area (Å²) < 4.78 is 17.5. The van der Waals surface area contributed by atoms with Crippen LogP contribution in [0.2, 0.25) is 5.02 Å². The van der Waals surface area contributed by atoms with Gasteiger partial charge in [-0.2, -0.15) is 5.10 Å². The fraction of sp³-hybridized carbons (Fsp3) is 0.227. The normalized spacial score (nSPS) is 11.3. The van der Waals surface area contributed by atoms with E-state index in [1.54, 1.807) is 39.7 Å². The Labute approximate surface area is 182 Å². The third kappa shape index (κ3) is 4.42. The molecule has 30 heavy (non-hydrogen) atoms. The second-order valence-corrected chi connectivity index (χ2v) is 8.28. The van der Waals surface area contributed by atoms with Gasteiger partial charge < -0.3 is 0 Å². The number of fused-ring (bicyclic) bond motifs is 1. The molecule has 2 heterocycles. The number of thioether (sulfide) groups is 1. The van der Waals surface area contributed by atoms with Crippen LogP contribution in [0.1, 0.15) is 17.7 Å². The van der Waals surface area contributed by atoms with Crippen LogP contribution < -0.4 is 5.56 Å². The fourth-order valence-corrected chi connectivity index (χ4v) is 4.37. The summed E-state index contributed by atoms with van der Waals surface area (Å²) in [4.78, 5) is 17.8. The van der Waals surface area contributed by atoms with E-state index >= 15 is 0 Å². The molecule has 5 nitrogen and oxygen atoms in total. The van der Waals surface area contributed by atoms with E-state index < -0.39 is 0 Å². The van der Waals surface area contributed by atoms with Gasteiger partial charge in [0.05, 0.1) is 21.6 Å². The van der Waals surface area contributed by atoms with Gasteiger partial charge in [0.2, 0.25) is 0 Å². The van der Waals surface area contributed by atoms with Crippen LogP contribution in [0.15, 0.2) is 64.7 Å². The smallest absolute Gasteiger partial charge is 0.262 e. The highest BCUT2D eigenvalue weighted by Gasteiger charge is 2.13. The highest BCUT2D eigenvalue weighted by atomic mass is 35.5. The van der Waals surface area contributed by atoms with Crippen LogP contribution in [0.25, 0.3) is 10.9 Å². The molecule has 0 unspecified atom stereocenters. The lowest BCUT2D eigenvalue weighted by molar-refractivity contribution is 0.493. The van der Waals surface area contributed by atoms with Crippen molar-refractivity contribution in [3.8, 4) is 0 Å². The zero-order chi connectivity index (χ0) is 21.1. The molecule has 0 spiro atoms. The van der Waals surface area contributed by atoms with E-state index in [0.717, 1.165) is 5.69 Å². The Morgan fingerprint density at radius 1 is 1.10 bits per heavy atom. The molecule has 4 aromatic rings.